The molecule has 0 aliphatic rings. The molecule has 0 saturated heterocycles. The molecule has 2 aromatic rings. The number of hydrogen-bond acceptors (Lipinski definition) is 2. The fourth-order valence-electron chi connectivity index (χ4n) is 1.92. The first kappa shape index (κ1) is 16.3. The lowest BCUT2D eigenvalue weighted by molar-refractivity contribution is 0.467. The van der Waals surface area contributed by atoms with E-state index in [2.05, 4.69) is 15.9 Å². The Morgan fingerprint density at radius 2 is 2.10 bits per heavy atom. The van der Waals surface area contributed by atoms with Crippen molar-refractivity contribution in [1.82, 2.24) is 0 Å². The molecular weight excluding hydrogens is 357 g/mol. The van der Waals surface area contributed by atoms with Gasteiger partial charge in [-0.25, -0.2) is 4.39 Å². The highest BCUT2D eigenvalue weighted by atomic mass is 79.9. The van der Waals surface area contributed by atoms with Crippen LogP contribution in [0.3, 0.4) is 0 Å². The number of benzene rings is 2. The van der Waals surface area contributed by atoms with Crippen molar-refractivity contribution in [2.45, 2.75) is 25.8 Å². The Morgan fingerprint density at radius 3 is 2.76 bits per heavy atom. The zero-order chi connectivity index (χ0) is 15.4. The molecule has 0 saturated carbocycles. The molecular formula is C16H16BrClFNO. The number of halogens is 3. The maximum Gasteiger partial charge on any atom is 0.149 e. The van der Waals surface area contributed by atoms with E-state index in [0.717, 1.165) is 12.0 Å². The Morgan fingerprint density at radius 1 is 1.33 bits per heavy atom. The van der Waals surface area contributed by atoms with Crippen LogP contribution in [0.15, 0.2) is 40.9 Å². The largest absolute Gasteiger partial charge is 0.454 e. The molecule has 2 nitrogen and oxygen atoms in total. The molecule has 0 fully saturated rings. The van der Waals surface area contributed by atoms with Gasteiger partial charge in [0.1, 0.15) is 17.3 Å². The van der Waals surface area contributed by atoms with Gasteiger partial charge < -0.3 is 10.5 Å². The van der Waals surface area contributed by atoms with Gasteiger partial charge in [-0.2, -0.15) is 0 Å². The van der Waals surface area contributed by atoms with Gasteiger partial charge in [-0.15, -0.1) is 0 Å². The Kier molecular flexibility index (Phi) is 5.62. The molecule has 0 spiro atoms. The fourth-order valence-corrected chi connectivity index (χ4v) is 2.59. The van der Waals surface area contributed by atoms with Gasteiger partial charge in [0.15, 0.2) is 0 Å². The van der Waals surface area contributed by atoms with E-state index in [1.165, 1.54) is 12.1 Å². The molecule has 5 heteroatoms. The van der Waals surface area contributed by atoms with Crippen LogP contribution in [0.2, 0.25) is 5.02 Å². The highest BCUT2D eigenvalue weighted by Gasteiger charge is 2.14. The average molecular weight is 373 g/mol. The maximum atomic E-state index is 13.1. The molecule has 0 heterocycles. The highest BCUT2D eigenvalue weighted by molar-refractivity contribution is 9.10. The molecule has 2 N–H and O–H groups in total. The molecule has 0 radical (unpaired) electrons. The Bertz CT molecular complexity index is 636. The summed E-state index contributed by atoms with van der Waals surface area (Å²) < 4.78 is 19.5. The number of ether oxygens (including phenoxy) is 1. The second kappa shape index (κ2) is 7.25. The van der Waals surface area contributed by atoms with E-state index < -0.39 is 0 Å². The number of para-hydroxylation sites is 1. The summed E-state index contributed by atoms with van der Waals surface area (Å²) in [6, 6.07) is 9.86. The quantitative estimate of drug-likeness (QED) is 0.771. The van der Waals surface area contributed by atoms with E-state index in [1.54, 1.807) is 12.1 Å². The fraction of sp³-hybridized carbons (Fsp3) is 0.250. The van der Waals surface area contributed by atoms with Crippen LogP contribution in [-0.2, 0) is 6.42 Å². The SMILES string of the molecule is CCC(N)Cc1cccc(Cl)c1Oc1ccc(F)cc1Br. The van der Waals surface area contributed by atoms with E-state index >= 15 is 0 Å². The van der Waals surface area contributed by atoms with Gasteiger partial charge in [-0.3, -0.25) is 0 Å². The molecule has 2 aromatic carbocycles. The van der Waals surface area contributed by atoms with Crippen molar-refractivity contribution in [3.05, 3.63) is 57.3 Å². The molecule has 0 aliphatic heterocycles. The van der Waals surface area contributed by atoms with Crippen LogP contribution in [0.25, 0.3) is 0 Å². The van der Waals surface area contributed by atoms with Crippen LogP contribution in [0.4, 0.5) is 4.39 Å². The van der Waals surface area contributed by atoms with E-state index in [1.807, 2.05) is 19.1 Å². The number of hydrogen-bond donors (Lipinski definition) is 1. The van der Waals surface area contributed by atoms with Crippen LogP contribution in [0.1, 0.15) is 18.9 Å². The lowest BCUT2D eigenvalue weighted by Gasteiger charge is -2.16. The molecule has 0 amide bonds. The van der Waals surface area contributed by atoms with Gasteiger partial charge in [0.05, 0.1) is 9.50 Å². The van der Waals surface area contributed by atoms with Crippen LogP contribution in [0.5, 0.6) is 11.5 Å². The zero-order valence-corrected chi connectivity index (χ0v) is 13.9. The topological polar surface area (TPSA) is 35.2 Å². The van der Waals surface area contributed by atoms with Crippen LogP contribution >= 0.6 is 27.5 Å². The maximum absolute atomic E-state index is 13.1. The molecule has 1 atom stereocenters. The van der Waals surface area contributed by atoms with Crippen LogP contribution in [-0.4, -0.2) is 6.04 Å². The van der Waals surface area contributed by atoms with Gasteiger partial charge >= 0.3 is 0 Å². The number of rotatable bonds is 5. The third-order valence-corrected chi connectivity index (χ3v) is 4.08. The van der Waals surface area contributed by atoms with Crippen molar-refractivity contribution >= 4 is 27.5 Å². The molecule has 1 unspecified atom stereocenters. The molecule has 112 valence electrons. The predicted octanol–water partition coefficient (Wildman–Crippen LogP) is 5.31. The molecule has 0 aliphatic carbocycles. The summed E-state index contributed by atoms with van der Waals surface area (Å²) in [6.45, 7) is 2.03. The van der Waals surface area contributed by atoms with Crippen molar-refractivity contribution in [3.63, 3.8) is 0 Å². The number of nitrogens with two attached hydrogens (primary N) is 1. The summed E-state index contributed by atoms with van der Waals surface area (Å²) in [7, 11) is 0. The van der Waals surface area contributed by atoms with Crippen molar-refractivity contribution in [3.8, 4) is 11.5 Å². The minimum atomic E-state index is -0.332. The average Bonchev–Trinajstić information content (AvgIpc) is 2.44. The monoisotopic (exact) mass is 371 g/mol. The minimum absolute atomic E-state index is 0.0440. The van der Waals surface area contributed by atoms with E-state index in [0.29, 0.717) is 27.4 Å². The third-order valence-electron chi connectivity index (χ3n) is 3.16. The van der Waals surface area contributed by atoms with Crippen molar-refractivity contribution in [2.75, 3.05) is 0 Å². The minimum Gasteiger partial charge on any atom is -0.454 e. The first-order valence-corrected chi connectivity index (χ1v) is 7.84. The second-order valence-electron chi connectivity index (χ2n) is 4.78. The van der Waals surface area contributed by atoms with Gasteiger partial charge in [0.2, 0.25) is 0 Å². The summed E-state index contributed by atoms with van der Waals surface area (Å²) in [6.07, 6.45) is 1.54. The van der Waals surface area contributed by atoms with Gasteiger partial charge in [-0.1, -0.05) is 30.7 Å². The van der Waals surface area contributed by atoms with E-state index in [-0.39, 0.29) is 11.9 Å². The normalized spacial score (nSPS) is 12.2. The zero-order valence-electron chi connectivity index (χ0n) is 11.6. The van der Waals surface area contributed by atoms with Crippen molar-refractivity contribution in [1.29, 1.82) is 0 Å². The van der Waals surface area contributed by atoms with Gasteiger partial charge in [0.25, 0.3) is 0 Å². The summed E-state index contributed by atoms with van der Waals surface area (Å²) in [5, 5.41) is 0.507. The second-order valence-corrected chi connectivity index (χ2v) is 6.04. The third kappa shape index (κ3) is 4.19. The molecule has 21 heavy (non-hydrogen) atoms. The Labute approximate surface area is 137 Å². The van der Waals surface area contributed by atoms with Crippen molar-refractivity contribution < 1.29 is 9.13 Å². The molecule has 2 rings (SSSR count). The van der Waals surface area contributed by atoms with Gasteiger partial charge in [-0.05, 0) is 58.6 Å². The first-order chi connectivity index (χ1) is 10.0. The standard InChI is InChI=1S/C16H16BrClFNO/c1-2-12(20)8-10-4-3-5-14(18)16(10)21-15-7-6-11(19)9-13(15)17/h3-7,9,12H,2,8,20H2,1H3. The summed E-state index contributed by atoms with van der Waals surface area (Å²) >= 11 is 9.52. The van der Waals surface area contributed by atoms with Gasteiger partial charge in [0, 0.05) is 6.04 Å². The van der Waals surface area contributed by atoms with E-state index in [4.69, 9.17) is 22.1 Å². The Hall–Kier alpha value is -1.10. The summed E-state index contributed by atoms with van der Waals surface area (Å²) in [4.78, 5) is 0. The lowest BCUT2D eigenvalue weighted by atomic mass is 10.0. The highest BCUT2D eigenvalue weighted by Crippen LogP contribution is 2.37. The molecule has 0 aromatic heterocycles. The summed E-state index contributed by atoms with van der Waals surface area (Å²) in [5.41, 5.74) is 6.95. The molecule has 0 bridgehead atoms. The summed E-state index contributed by atoms with van der Waals surface area (Å²) in [5.74, 6) is 0.743. The lowest BCUT2D eigenvalue weighted by Crippen LogP contribution is -2.21. The predicted molar refractivity (Wildman–Crippen MR) is 87.6 cm³/mol. The smallest absolute Gasteiger partial charge is 0.149 e. The first-order valence-electron chi connectivity index (χ1n) is 6.67. The Balaban J connectivity index is 2.34. The van der Waals surface area contributed by atoms with Crippen LogP contribution < -0.4 is 10.5 Å². The van der Waals surface area contributed by atoms with E-state index in [9.17, 15) is 4.39 Å². The van der Waals surface area contributed by atoms with Crippen molar-refractivity contribution in [2.24, 2.45) is 5.73 Å². The van der Waals surface area contributed by atoms with Crippen LogP contribution in [0, 0.1) is 5.82 Å².